The van der Waals surface area contributed by atoms with Gasteiger partial charge in [0.1, 0.15) is 10.7 Å². The van der Waals surface area contributed by atoms with Crippen LogP contribution >= 0.6 is 23.4 Å². The Labute approximate surface area is 152 Å². The summed E-state index contributed by atoms with van der Waals surface area (Å²) in [6.45, 7) is 5.85. The van der Waals surface area contributed by atoms with Crippen LogP contribution in [0, 0.1) is 0 Å². The zero-order chi connectivity index (χ0) is 18.4. The highest BCUT2D eigenvalue weighted by atomic mass is 35.5. The molecule has 8 heteroatoms. The van der Waals surface area contributed by atoms with Crippen molar-refractivity contribution in [2.45, 2.75) is 42.3 Å². The molecule has 3 nitrogen and oxygen atoms in total. The molecule has 0 saturated carbocycles. The van der Waals surface area contributed by atoms with E-state index in [1.807, 2.05) is 20.8 Å². The van der Waals surface area contributed by atoms with E-state index in [0.29, 0.717) is 15.7 Å². The fourth-order valence-corrected chi connectivity index (χ4v) is 3.19. The van der Waals surface area contributed by atoms with Gasteiger partial charge in [-0.1, -0.05) is 44.1 Å². The van der Waals surface area contributed by atoms with Crippen LogP contribution in [0.15, 0.2) is 46.3 Å². The van der Waals surface area contributed by atoms with Crippen LogP contribution in [-0.4, -0.2) is 14.6 Å². The normalized spacial score (nSPS) is 12.8. The van der Waals surface area contributed by atoms with Crippen molar-refractivity contribution in [3.05, 3.63) is 52.8 Å². The molecule has 0 radical (unpaired) electrons. The van der Waals surface area contributed by atoms with Gasteiger partial charge in [0, 0.05) is 27.5 Å². The summed E-state index contributed by atoms with van der Waals surface area (Å²) in [4.78, 5) is 4.50. The van der Waals surface area contributed by atoms with Gasteiger partial charge < -0.3 is 0 Å². The summed E-state index contributed by atoms with van der Waals surface area (Å²) in [5.41, 5.74) is -0.376. The Morgan fingerprint density at radius 3 is 2.20 bits per heavy atom. The molecule has 3 rings (SSSR count). The summed E-state index contributed by atoms with van der Waals surface area (Å²) >= 11 is 7.04. The molecule has 1 aromatic carbocycles. The topological polar surface area (TPSA) is 30.2 Å². The van der Waals surface area contributed by atoms with Gasteiger partial charge in [-0.25, -0.2) is 9.50 Å². The SMILES string of the molecule is CC(C)(C)c1cc2nc(C(F)(F)F)cc(Sc3ccc(Cl)cc3)n2n1. The molecule has 0 aliphatic carbocycles. The molecule has 25 heavy (non-hydrogen) atoms. The van der Waals surface area contributed by atoms with Crippen LogP contribution in [0.2, 0.25) is 5.02 Å². The summed E-state index contributed by atoms with van der Waals surface area (Å²) in [7, 11) is 0. The largest absolute Gasteiger partial charge is 0.433 e. The first-order chi connectivity index (χ1) is 11.5. The minimum absolute atomic E-state index is 0.177. The van der Waals surface area contributed by atoms with Crippen LogP contribution in [0.25, 0.3) is 5.65 Å². The number of nitrogens with zero attached hydrogens (tertiary/aromatic N) is 3. The lowest BCUT2D eigenvalue weighted by Crippen LogP contribution is -2.12. The molecule has 132 valence electrons. The van der Waals surface area contributed by atoms with Gasteiger partial charge in [-0.2, -0.15) is 18.3 Å². The fraction of sp³-hybridized carbons (Fsp3) is 0.294. The number of rotatable bonds is 2. The Hall–Kier alpha value is -1.73. The molecule has 0 spiro atoms. The van der Waals surface area contributed by atoms with Crippen molar-refractivity contribution >= 4 is 29.0 Å². The van der Waals surface area contributed by atoms with E-state index in [0.717, 1.165) is 11.0 Å². The van der Waals surface area contributed by atoms with E-state index in [-0.39, 0.29) is 11.1 Å². The summed E-state index contributed by atoms with van der Waals surface area (Å²) in [5.74, 6) is 0. The Kier molecular flexibility index (Phi) is 4.49. The monoisotopic (exact) mass is 385 g/mol. The second kappa shape index (κ2) is 6.21. The summed E-state index contributed by atoms with van der Waals surface area (Å²) in [5, 5.41) is 5.37. The Bertz CT molecular complexity index is 912. The van der Waals surface area contributed by atoms with E-state index in [4.69, 9.17) is 11.6 Å². The van der Waals surface area contributed by atoms with Crippen molar-refractivity contribution < 1.29 is 13.2 Å². The molecule has 0 fully saturated rings. The van der Waals surface area contributed by atoms with E-state index < -0.39 is 11.9 Å². The average Bonchev–Trinajstić information content (AvgIpc) is 2.93. The van der Waals surface area contributed by atoms with Crippen LogP contribution in [-0.2, 0) is 11.6 Å². The van der Waals surface area contributed by atoms with Gasteiger partial charge in [-0.05, 0) is 24.3 Å². The van der Waals surface area contributed by atoms with Gasteiger partial charge in [0.05, 0.1) is 5.69 Å². The molecule has 0 bridgehead atoms. The van der Waals surface area contributed by atoms with Crippen molar-refractivity contribution in [1.82, 2.24) is 14.6 Å². The zero-order valence-corrected chi connectivity index (χ0v) is 15.3. The smallest absolute Gasteiger partial charge is 0.224 e. The summed E-state index contributed by atoms with van der Waals surface area (Å²) < 4.78 is 41.1. The lowest BCUT2D eigenvalue weighted by molar-refractivity contribution is -0.141. The van der Waals surface area contributed by atoms with Crippen LogP contribution in [0.1, 0.15) is 32.2 Å². The van der Waals surface area contributed by atoms with Crippen LogP contribution in [0.5, 0.6) is 0 Å². The standard InChI is InChI=1S/C17H15ClF3N3S/c1-16(2,3)12-8-14-22-13(17(19,20)21)9-15(24(14)23-12)25-11-6-4-10(18)5-7-11/h4-9H,1-3H3. The van der Waals surface area contributed by atoms with Gasteiger partial charge in [0.15, 0.2) is 5.65 Å². The molecule has 2 aromatic heterocycles. The number of fused-ring (bicyclic) bond motifs is 1. The molecule has 0 N–H and O–H groups in total. The Balaban J connectivity index is 2.16. The van der Waals surface area contributed by atoms with E-state index >= 15 is 0 Å². The predicted molar refractivity (Wildman–Crippen MR) is 92.3 cm³/mol. The van der Waals surface area contributed by atoms with E-state index in [9.17, 15) is 13.2 Å². The molecular formula is C17H15ClF3N3S. The second-order valence-electron chi connectivity index (χ2n) is 6.58. The first kappa shape index (κ1) is 18.1. The number of aromatic nitrogens is 3. The molecule has 0 unspecified atom stereocenters. The van der Waals surface area contributed by atoms with Crippen molar-refractivity contribution in [2.24, 2.45) is 0 Å². The van der Waals surface area contributed by atoms with Gasteiger partial charge in [0.25, 0.3) is 0 Å². The lowest BCUT2D eigenvalue weighted by atomic mass is 9.93. The molecular weight excluding hydrogens is 371 g/mol. The third-order valence-electron chi connectivity index (χ3n) is 3.49. The maximum Gasteiger partial charge on any atom is 0.433 e. The van der Waals surface area contributed by atoms with E-state index in [1.165, 1.54) is 16.3 Å². The summed E-state index contributed by atoms with van der Waals surface area (Å²) in [6, 6.07) is 9.50. The molecule has 0 aliphatic rings. The minimum Gasteiger partial charge on any atom is -0.224 e. The highest BCUT2D eigenvalue weighted by molar-refractivity contribution is 7.99. The van der Waals surface area contributed by atoms with Crippen molar-refractivity contribution in [3.63, 3.8) is 0 Å². The number of hydrogen-bond donors (Lipinski definition) is 0. The first-order valence-corrected chi connectivity index (χ1v) is 8.65. The highest BCUT2D eigenvalue weighted by Crippen LogP contribution is 2.35. The van der Waals surface area contributed by atoms with Gasteiger partial charge in [-0.3, -0.25) is 0 Å². The van der Waals surface area contributed by atoms with Crippen molar-refractivity contribution in [3.8, 4) is 0 Å². The third kappa shape index (κ3) is 3.93. The van der Waals surface area contributed by atoms with Crippen LogP contribution < -0.4 is 0 Å². The molecule has 0 aliphatic heterocycles. The van der Waals surface area contributed by atoms with Gasteiger partial charge in [-0.15, -0.1) is 0 Å². The summed E-state index contributed by atoms with van der Waals surface area (Å²) in [6.07, 6.45) is -4.52. The zero-order valence-electron chi connectivity index (χ0n) is 13.7. The molecule has 3 aromatic rings. The van der Waals surface area contributed by atoms with Crippen LogP contribution in [0.3, 0.4) is 0 Å². The molecule has 0 saturated heterocycles. The number of hydrogen-bond acceptors (Lipinski definition) is 3. The molecule has 0 amide bonds. The fourth-order valence-electron chi connectivity index (χ4n) is 2.15. The van der Waals surface area contributed by atoms with Crippen molar-refractivity contribution in [1.29, 1.82) is 0 Å². The first-order valence-electron chi connectivity index (χ1n) is 7.46. The lowest BCUT2D eigenvalue weighted by Gasteiger charge is -2.13. The second-order valence-corrected chi connectivity index (χ2v) is 8.11. The Morgan fingerprint density at radius 2 is 1.64 bits per heavy atom. The van der Waals surface area contributed by atoms with Gasteiger partial charge in [0.2, 0.25) is 0 Å². The number of halogens is 4. The van der Waals surface area contributed by atoms with E-state index in [1.54, 1.807) is 30.3 Å². The highest BCUT2D eigenvalue weighted by Gasteiger charge is 2.34. The van der Waals surface area contributed by atoms with Gasteiger partial charge >= 0.3 is 6.18 Å². The third-order valence-corrected chi connectivity index (χ3v) is 4.75. The molecule has 2 heterocycles. The minimum atomic E-state index is -4.52. The quantitative estimate of drug-likeness (QED) is 0.518. The molecule has 0 atom stereocenters. The number of alkyl halides is 3. The van der Waals surface area contributed by atoms with Crippen molar-refractivity contribution in [2.75, 3.05) is 0 Å². The Morgan fingerprint density at radius 1 is 1.00 bits per heavy atom. The van der Waals surface area contributed by atoms with E-state index in [2.05, 4.69) is 10.1 Å². The van der Waals surface area contributed by atoms with Crippen LogP contribution in [0.4, 0.5) is 13.2 Å². The maximum atomic E-state index is 13.2. The number of benzene rings is 1. The average molecular weight is 386 g/mol. The predicted octanol–water partition coefficient (Wildman–Crippen LogP) is 5.85. The maximum absolute atomic E-state index is 13.2.